The molecule has 0 aliphatic rings. The Balaban J connectivity index is 2.97. The minimum absolute atomic E-state index is 0.850. The third-order valence-electron chi connectivity index (χ3n) is 5.98. The van der Waals surface area contributed by atoms with Gasteiger partial charge in [-0.1, -0.05) is 155 Å². The molecule has 0 rings (SSSR count). The molecule has 1 nitrogen and oxygen atoms in total. The van der Waals surface area contributed by atoms with Crippen LogP contribution >= 0.6 is 0 Å². The van der Waals surface area contributed by atoms with Crippen molar-refractivity contribution < 1.29 is 4.74 Å². The van der Waals surface area contributed by atoms with Gasteiger partial charge in [-0.3, -0.25) is 0 Å². The highest BCUT2D eigenvalue weighted by molar-refractivity contribution is 4.52. The smallest absolute Gasteiger partial charge is 0.0873 e. The number of hydrogen-bond acceptors (Lipinski definition) is 1. The number of ether oxygens (including phenoxy) is 1. The zero-order valence-corrected chi connectivity index (χ0v) is 19.7. The molecule has 1 heteroatoms. The molecule has 0 N–H and O–H groups in total. The lowest BCUT2D eigenvalue weighted by atomic mass is 10.0. The van der Waals surface area contributed by atoms with Gasteiger partial charge in [-0.15, -0.1) is 0 Å². The first kappa shape index (κ1) is 27.5. The predicted molar refractivity (Wildman–Crippen MR) is 128 cm³/mol. The van der Waals surface area contributed by atoms with Crippen molar-refractivity contribution in [1.29, 1.82) is 0 Å². The lowest BCUT2D eigenvalue weighted by Gasteiger charge is -2.04. The first-order valence-electron chi connectivity index (χ1n) is 13.1. The lowest BCUT2D eigenvalue weighted by Crippen LogP contribution is -1.87. The molecular weight excluding hydrogens is 340 g/mol. The molecule has 0 fully saturated rings. The van der Waals surface area contributed by atoms with Crippen LogP contribution < -0.4 is 0 Å². The Hall–Kier alpha value is -0.460. The molecule has 0 bridgehead atoms. The van der Waals surface area contributed by atoms with Gasteiger partial charge in [-0.25, -0.2) is 0 Å². The molecule has 0 saturated heterocycles. The van der Waals surface area contributed by atoms with E-state index < -0.39 is 0 Å². The first-order chi connectivity index (χ1) is 13.9. The van der Waals surface area contributed by atoms with Gasteiger partial charge in [0.1, 0.15) is 0 Å². The molecule has 0 aliphatic carbocycles. The van der Waals surface area contributed by atoms with Crippen LogP contribution in [-0.2, 0) is 4.74 Å². The van der Waals surface area contributed by atoms with E-state index in [4.69, 9.17) is 4.74 Å². The van der Waals surface area contributed by atoms with E-state index in [1.807, 2.05) is 0 Å². The van der Waals surface area contributed by atoms with Crippen molar-refractivity contribution in [3.05, 3.63) is 12.8 Å². The standard InChI is InChI=1S/C27H54O/c1-3-5-6-7-8-9-10-11-12-13-14-15-16-17-18-19-20-21-22-23-24-25-26-27-28-4-2/h4H,2-3,5-27H2,1H3. The molecule has 0 saturated carbocycles. The van der Waals surface area contributed by atoms with Gasteiger partial charge >= 0.3 is 0 Å². The summed E-state index contributed by atoms with van der Waals surface area (Å²) in [6.07, 6.45) is 34.6. The summed E-state index contributed by atoms with van der Waals surface area (Å²) >= 11 is 0. The average molecular weight is 395 g/mol. The fraction of sp³-hybridized carbons (Fsp3) is 0.926. The van der Waals surface area contributed by atoms with Gasteiger partial charge in [0.15, 0.2) is 0 Å². The molecule has 0 aromatic carbocycles. The van der Waals surface area contributed by atoms with E-state index in [1.54, 1.807) is 6.26 Å². The molecule has 0 radical (unpaired) electrons. The topological polar surface area (TPSA) is 9.23 Å². The molecule has 0 amide bonds. The number of rotatable bonds is 25. The third kappa shape index (κ3) is 25.5. The summed E-state index contributed by atoms with van der Waals surface area (Å²) in [6, 6.07) is 0. The van der Waals surface area contributed by atoms with E-state index in [0.717, 1.165) is 6.61 Å². The number of hydrogen-bond donors (Lipinski definition) is 0. The number of unbranched alkanes of at least 4 members (excludes halogenated alkanes) is 22. The Morgan fingerprint density at radius 3 is 0.929 bits per heavy atom. The Morgan fingerprint density at radius 2 is 0.679 bits per heavy atom. The minimum atomic E-state index is 0.850. The zero-order valence-electron chi connectivity index (χ0n) is 19.7. The maximum absolute atomic E-state index is 5.14. The van der Waals surface area contributed by atoms with Crippen LogP contribution in [0.2, 0.25) is 0 Å². The second-order valence-electron chi connectivity index (χ2n) is 8.82. The molecule has 0 atom stereocenters. The Kier molecular flexibility index (Phi) is 26.1. The van der Waals surface area contributed by atoms with Crippen LogP contribution in [-0.4, -0.2) is 6.61 Å². The summed E-state index contributed by atoms with van der Waals surface area (Å²) in [5, 5.41) is 0. The van der Waals surface area contributed by atoms with Crippen molar-refractivity contribution in [2.45, 2.75) is 155 Å². The summed E-state index contributed by atoms with van der Waals surface area (Å²) in [6.45, 7) is 6.72. The maximum atomic E-state index is 5.14. The Bertz CT molecular complexity index is 273. The molecule has 0 spiro atoms. The molecule has 0 aromatic rings. The molecule has 0 unspecified atom stereocenters. The van der Waals surface area contributed by atoms with E-state index in [1.165, 1.54) is 148 Å². The third-order valence-corrected chi connectivity index (χ3v) is 5.98. The van der Waals surface area contributed by atoms with Crippen molar-refractivity contribution in [2.24, 2.45) is 0 Å². The van der Waals surface area contributed by atoms with E-state index in [-0.39, 0.29) is 0 Å². The zero-order chi connectivity index (χ0) is 20.4. The van der Waals surface area contributed by atoms with Crippen molar-refractivity contribution in [3.8, 4) is 0 Å². The summed E-state index contributed by atoms with van der Waals surface area (Å²) in [7, 11) is 0. The highest BCUT2D eigenvalue weighted by atomic mass is 16.5. The van der Waals surface area contributed by atoms with Crippen LogP contribution in [0.25, 0.3) is 0 Å². The van der Waals surface area contributed by atoms with Crippen LogP contribution in [0.3, 0.4) is 0 Å². The van der Waals surface area contributed by atoms with E-state index >= 15 is 0 Å². The van der Waals surface area contributed by atoms with Crippen molar-refractivity contribution >= 4 is 0 Å². The van der Waals surface area contributed by atoms with Gasteiger partial charge in [0.2, 0.25) is 0 Å². The average Bonchev–Trinajstić information content (AvgIpc) is 2.71. The summed E-state index contributed by atoms with van der Waals surface area (Å²) < 4.78 is 5.14. The van der Waals surface area contributed by atoms with E-state index in [0.29, 0.717) is 0 Å². The van der Waals surface area contributed by atoms with E-state index in [9.17, 15) is 0 Å². The van der Waals surface area contributed by atoms with Gasteiger partial charge in [-0.05, 0) is 6.42 Å². The quantitative estimate of drug-likeness (QED) is 0.110. The SMILES string of the molecule is C=COCCCCCCCCCCCCCCCCCCCCCCCCC. The Labute approximate surface area is 179 Å². The lowest BCUT2D eigenvalue weighted by molar-refractivity contribution is 0.241. The van der Waals surface area contributed by atoms with E-state index in [2.05, 4.69) is 13.5 Å². The van der Waals surface area contributed by atoms with Crippen LogP contribution in [0.1, 0.15) is 155 Å². The summed E-state index contributed by atoms with van der Waals surface area (Å²) in [5.74, 6) is 0. The molecule has 0 heterocycles. The predicted octanol–water partition coefficient (Wildman–Crippen LogP) is 10.1. The van der Waals surface area contributed by atoms with Crippen LogP contribution in [0.15, 0.2) is 12.8 Å². The molecule has 168 valence electrons. The summed E-state index contributed by atoms with van der Waals surface area (Å²) in [4.78, 5) is 0. The van der Waals surface area contributed by atoms with Crippen molar-refractivity contribution in [1.82, 2.24) is 0 Å². The summed E-state index contributed by atoms with van der Waals surface area (Å²) in [5.41, 5.74) is 0. The molecule has 0 aromatic heterocycles. The molecular formula is C27H54O. The molecule has 28 heavy (non-hydrogen) atoms. The largest absolute Gasteiger partial charge is 0.502 e. The maximum Gasteiger partial charge on any atom is 0.0873 e. The van der Waals surface area contributed by atoms with Crippen LogP contribution in [0, 0.1) is 0 Å². The van der Waals surface area contributed by atoms with Crippen molar-refractivity contribution in [2.75, 3.05) is 6.61 Å². The minimum Gasteiger partial charge on any atom is -0.502 e. The normalized spacial score (nSPS) is 11.0. The van der Waals surface area contributed by atoms with Gasteiger partial charge in [0, 0.05) is 0 Å². The second-order valence-corrected chi connectivity index (χ2v) is 8.82. The second kappa shape index (κ2) is 26.5. The monoisotopic (exact) mass is 394 g/mol. The van der Waals surface area contributed by atoms with Gasteiger partial charge in [0.25, 0.3) is 0 Å². The fourth-order valence-corrected chi connectivity index (χ4v) is 4.05. The highest BCUT2D eigenvalue weighted by Gasteiger charge is 1.96. The highest BCUT2D eigenvalue weighted by Crippen LogP contribution is 2.15. The fourth-order valence-electron chi connectivity index (χ4n) is 4.05. The van der Waals surface area contributed by atoms with Crippen molar-refractivity contribution in [3.63, 3.8) is 0 Å². The Morgan fingerprint density at radius 1 is 0.429 bits per heavy atom. The first-order valence-corrected chi connectivity index (χ1v) is 13.1. The molecule has 0 aliphatic heterocycles. The van der Waals surface area contributed by atoms with Gasteiger partial charge in [-0.2, -0.15) is 0 Å². The van der Waals surface area contributed by atoms with Gasteiger partial charge < -0.3 is 4.74 Å². The van der Waals surface area contributed by atoms with Gasteiger partial charge in [0.05, 0.1) is 12.9 Å². The van der Waals surface area contributed by atoms with Crippen LogP contribution in [0.5, 0.6) is 0 Å². The van der Waals surface area contributed by atoms with Crippen LogP contribution in [0.4, 0.5) is 0 Å².